The molecular weight excluding hydrogens is 608 g/mol. The van der Waals surface area contributed by atoms with Gasteiger partial charge in [0.25, 0.3) is 0 Å². The Bertz CT molecular complexity index is 1630. The normalized spacial score (nSPS) is 24.9. The van der Waals surface area contributed by atoms with Crippen LogP contribution in [0.1, 0.15) is 49.9 Å². The van der Waals surface area contributed by atoms with Crippen molar-refractivity contribution in [1.29, 1.82) is 10.8 Å². The van der Waals surface area contributed by atoms with Crippen molar-refractivity contribution in [2.75, 3.05) is 70.0 Å². The zero-order valence-corrected chi connectivity index (χ0v) is 28.0. The Balaban J connectivity index is 1.04. The van der Waals surface area contributed by atoms with Gasteiger partial charge in [-0.25, -0.2) is 9.98 Å². The van der Waals surface area contributed by atoms with Crippen LogP contribution in [0.25, 0.3) is 5.57 Å². The van der Waals surface area contributed by atoms with Crippen molar-refractivity contribution in [3.63, 3.8) is 0 Å². The van der Waals surface area contributed by atoms with E-state index in [0.29, 0.717) is 82.4 Å². The van der Waals surface area contributed by atoms with Gasteiger partial charge in [-0.15, -0.1) is 0 Å². The lowest BCUT2D eigenvalue weighted by Crippen LogP contribution is -2.48. The number of carbonyl (C=O) groups excluding carboxylic acids is 2. The molecule has 6 rings (SSSR count). The fourth-order valence-electron chi connectivity index (χ4n) is 7.32. The number of aromatic nitrogens is 1. The van der Waals surface area contributed by atoms with E-state index >= 15 is 0 Å². The fraction of sp³-hybridized carbons (Fsp3) is 0.486. The average Bonchev–Trinajstić information content (AvgIpc) is 3.64. The first-order valence-corrected chi connectivity index (χ1v) is 16.7. The van der Waals surface area contributed by atoms with Crippen LogP contribution >= 0.6 is 0 Å². The number of benzene rings is 1. The predicted octanol–water partition coefficient (Wildman–Crippen LogP) is 2.42. The second kappa shape index (κ2) is 13.9. The van der Waals surface area contributed by atoms with E-state index in [4.69, 9.17) is 26.3 Å². The maximum atomic E-state index is 13.9. The molecule has 13 nitrogen and oxygen atoms in total. The highest BCUT2D eigenvalue weighted by Gasteiger charge is 2.51. The number of amidine groups is 2. The van der Waals surface area contributed by atoms with E-state index in [1.807, 2.05) is 47.9 Å². The van der Waals surface area contributed by atoms with Crippen molar-refractivity contribution < 1.29 is 14.3 Å². The van der Waals surface area contributed by atoms with Crippen LogP contribution in [0.15, 0.2) is 47.5 Å². The first-order chi connectivity index (χ1) is 23.1. The Hall–Kier alpha value is -4.62. The van der Waals surface area contributed by atoms with Crippen LogP contribution in [0, 0.1) is 16.2 Å². The number of morpholine rings is 1. The molecule has 0 radical (unpaired) electrons. The van der Waals surface area contributed by atoms with Gasteiger partial charge in [0.05, 0.1) is 36.2 Å². The lowest BCUT2D eigenvalue weighted by molar-refractivity contribution is -0.132. The third-order valence-corrected chi connectivity index (χ3v) is 9.87. The summed E-state index contributed by atoms with van der Waals surface area (Å²) in [4.78, 5) is 43.7. The molecular formula is C35H46N10O3. The predicted molar refractivity (Wildman–Crippen MR) is 188 cm³/mol. The number of amides is 2. The van der Waals surface area contributed by atoms with Gasteiger partial charge in [-0.2, -0.15) is 0 Å². The number of likely N-dealkylation sites (tertiary alicyclic amines) is 1. The second-order valence-corrected chi connectivity index (χ2v) is 13.4. The summed E-state index contributed by atoms with van der Waals surface area (Å²) in [5, 5.41) is 19.7. The highest BCUT2D eigenvalue weighted by Crippen LogP contribution is 2.42. The van der Waals surface area contributed by atoms with Crippen molar-refractivity contribution in [2.24, 2.45) is 10.4 Å². The number of ether oxygens (including phenoxy) is 1. The van der Waals surface area contributed by atoms with Gasteiger partial charge >= 0.3 is 0 Å². The molecule has 13 heteroatoms. The minimum absolute atomic E-state index is 0.00471. The molecule has 2 amide bonds. The van der Waals surface area contributed by atoms with Crippen LogP contribution in [0.3, 0.4) is 0 Å². The van der Waals surface area contributed by atoms with Crippen LogP contribution in [0.2, 0.25) is 0 Å². The van der Waals surface area contributed by atoms with Crippen molar-refractivity contribution in [1.82, 2.24) is 25.0 Å². The number of pyridine rings is 1. The summed E-state index contributed by atoms with van der Waals surface area (Å²) in [7, 11) is 1.74. The number of nitrogens with one attached hydrogen (secondary N) is 3. The van der Waals surface area contributed by atoms with E-state index in [9.17, 15) is 9.59 Å². The summed E-state index contributed by atoms with van der Waals surface area (Å²) in [6, 6.07) is 11.3. The van der Waals surface area contributed by atoms with Crippen molar-refractivity contribution in [3.8, 4) is 0 Å². The zero-order valence-electron chi connectivity index (χ0n) is 28.0. The monoisotopic (exact) mass is 654 g/mol. The average molecular weight is 655 g/mol. The van der Waals surface area contributed by atoms with Crippen LogP contribution in [-0.2, 0) is 14.3 Å². The molecule has 3 saturated heterocycles. The number of carbonyl (C=O) groups is 2. The molecule has 0 saturated carbocycles. The number of aliphatic imine (C=N–C) groups is 1. The topological polar surface area (TPSA) is 167 Å². The molecule has 0 unspecified atom stereocenters. The first kappa shape index (κ1) is 33.3. The molecule has 1 aromatic carbocycles. The number of anilines is 2. The van der Waals surface area contributed by atoms with E-state index in [1.54, 1.807) is 24.1 Å². The summed E-state index contributed by atoms with van der Waals surface area (Å²) < 4.78 is 5.83. The Kier molecular flexibility index (Phi) is 9.61. The molecule has 4 aliphatic rings. The molecule has 4 aliphatic heterocycles. The van der Waals surface area contributed by atoms with Crippen molar-refractivity contribution >= 4 is 46.9 Å². The molecule has 3 fully saturated rings. The highest BCUT2D eigenvalue weighted by molar-refractivity contribution is 6.03. The maximum Gasteiger partial charge on any atom is 0.237 e. The van der Waals surface area contributed by atoms with Crippen LogP contribution in [-0.4, -0.2) is 121 Å². The van der Waals surface area contributed by atoms with Crippen LogP contribution < -0.4 is 16.0 Å². The fourth-order valence-corrected chi connectivity index (χ4v) is 7.32. The molecule has 254 valence electrons. The van der Waals surface area contributed by atoms with Crippen molar-refractivity contribution in [3.05, 3.63) is 59.3 Å². The van der Waals surface area contributed by atoms with Crippen molar-refractivity contribution in [2.45, 2.75) is 45.3 Å². The molecule has 0 bridgehead atoms. The summed E-state index contributed by atoms with van der Waals surface area (Å²) >= 11 is 0. The summed E-state index contributed by atoms with van der Waals surface area (Å²) in [5.74, 6) is 1.06. The van der Waals surface area contributed by atoms with Gasteiger partial charge in [0, 0.05) is 51.9 Å². The number of nitrogens with zero attached hydrogens (tertiary/aromatic N) is 6. The molecule has 1 spiro atoms. The molecule has 3 atom stereocenters. The molecule has 48 heavy (non-hydrogen) atoms. The SMILES string of the molecule is CN/C=N\C(=N)c1ccc(C2=CCN(C(=O)CN3CC[C@]4(CCN(c5ccc(N)c(C(=N)N6C[C@@H](C)O[C@@H](C)C6)n5)C4=O)C3)CC2)cc1. The van der Waals surface area contributed by atoms with E-state index in [2.05, 4.69) is 21.3 Å². The van der Waals surface area contributed by atoms with Gasteiger partial charge < -0.3 is 25.6 Å². The highest BCUT2D eigenvalue weighted by atomic mass is 16.5. The Labute approximate surface area is 281 Å². The Morgan fingerprint density at radius 1 is 1.08 bits per heavy atom. The third kappa shape index (κ3) is 6.83. The van der Waals surface area contributed by atoms with E-state index in [-0.39, 0.29) is 35.7 Å². The Morgan fingerprint density at radius 3 is 2.50 bits per heavy atom. The molecule has 5 N–H and O–H groups in total. The molecule has 1 aromatic heterocycles. The van der Waals surface area contributed by atoms with Crippen LogP contribution in [0.4, 0.5) is 11.5 Å². The smallest absolute Gasteiger partial charge is 0.237 e. The van der Waals surface area contributed by atoms with Crippen LogP contribution in [0.5, 0.6) is 0 Å². The summed E-state index contributed by atoms with van der Waals surface area (Å²) in [6.07, 6.45) is 5.75. The zero-order chi connectivity index (χ0) is 34.0. The lowest BCUT2D eigenvalue weighted by Gasteiger charge is -2.36. The number of rotatable bonds is 7. The minimum Gasteiger partial charge on any atom is -0.397 e. The Morgan fingerprint density at radius 2 is 1.81 bits per heavy atom. The lowest BCUT2D eigenvalue weighted by atomic mass is 9.85. The first-order valence-electron chi connectivity index (χ1n) is 16.7. The van der Waals surface area contributed by atoms with E-state index < -0.39 is 5.41 Å². The number of hydrogen-bond donors (Lipinski definition) is 4. The number of hydrogen-bond acceptors (Lipinski definition) is 8. The van der Waals surface area contributed by atoms with Gasteiger partial charge in [-0.3, -0.25) is 30.2 Å². The summed E-state index contributed by atoms with van der Waals surface area (Å²) in [5.41, 5.74) is 9.56. The number of nitrogens with two attached hydrogens (primary N) is 1. The van der Waals surface area contributed by atoms with Gasteiger partial charge in [0.15, 0.2) is 5.84 Å². The molecule has 2 aromatic rings. The minimum atomic E-state index is -0.540. The number of nitrogen functional groups attached to an aromatic ring is 1. The largest absolute Gasteiger partial charge is 0.397 e. The standard InChI is InChI=1S/C35H46N10O3/c1-23-18-44(19-24(2)48-23)33(38)31-28(36)8-9-29(41-31)45-17-13-35(34(45)47)12-16-42(21-35)20-30(46)43-14-10-26(11-15-43)25-4-6-27(7-5-25)32(37)40-22-39-3/h4-10,22-24,38H,11-21,36H2,1-3H3,(H2,37,39,40)/t23-,24+,35-/m0/s1. The maximum absolute atomic E-state index is 13.9. The quantitative estimate of drug-likeness (QED) is 0.261. The van der Waals surface area contributed by atoms with Gasteiger partial charge in [-0.1, -0.05) is 30.3 Å². The van der Waals surface area contributed by atoms with Gasteiger partial charge in [0.2, 0.25) is 11.8 Å². The van der Waals surface area contributed by atoms with E-state index in [0.717, 1.165) is 17.5 Å². The molecule has 5 heterocycles. The molecule has 0 aliphatic carbocycles. The van der Waals surface area contributed by atoms with Gasteiger partial charge in [0.1, 0.15) is 17.3 Å². The third-order valence-electron chi connectivity index (χ3n) is 9.87. The second-order valence-electron chi connectivity index (χ2n) is 13.4. The van der Waals surface area contributed by atoms with Gasteiger partial charge in [-0.05, 0) is 62.9 Å². The van der Waals surface area contributed by atoms with E-state index in [1.165, 1.54) is 11.9 Å². The summed E-state index contributed by atoms with van der Waals surface area (Å²) in [6.45, 7) is 8.40.